The summed E-state index contributed by atoms with van der Waals surface area (Å²) in [6.07, 6.45) is 2.78. The molecule has 1 aliphatic carbocycles. The summed E-state index contributed by atoms with van der Waals surface area (Å²) in [5.74, 6) is -0.834. The Labute approximate surface area is 137 Å². The van der Waals surface area contributed by atoms with Crippen molar-refractivity contribution in [2.45, 2.75) is 52.1 Å². The van der Waals surface area contributed by atoms with Crippen molar-refractivity contribution in [1.29, 1.82) is 0 Å². The molecule has 0 bridgehead atoms. The molecule has 1 unspecified atom stereocenters. The monoisotopic (exact) mass is 323 g/mol. The Balaban J connectivity index is 2.19. The van der Waals surface area contributed by atoms with Crippen molar-refractivity contribution in [1.82, 2.24) is 4.90 Å². The van der Waals surface area contributed by atoms with E-state index in [1.54, 1.807) is 6.92 Å². The van der Waals surface area contributed by atoms with E-state index in [0.29, 0.717) is 18.4 Å². The minimum absolute atomic E-state index is 0.0385. The third-order valence-electron chi connectivity index (χ3n) is 6.22. The average molecular weight is 323 g/mol. The van der Waals surface area contributed by atoms with Crippen LogP contribution in [0.4, 0.5) is 8.78 Å². The zero-order chi connectivity index (χ0) is 17.0. The molecule has 0 spiro atoms. The highest BCUT2D eigenvalue weighted by molar-refractivity contribution is 5.43. The number of likely N-dealkylation sites (tertiary alicyclic amines) is 1. The van der Waals surface area contributed by atoms with Crippen molar-refractivity contribution in [3.63, 3.8) is 0 Å². The molecule has 0 radical (unpaired) electrons. The molecule has 1 heterocycles. The number of rotatable bonds is 1. The average Bonchev–Trinajstić information content (AvgIpc) is 2.48. The number of aliphatic hydroxyl groups is 1. The van der Waals surface area contributed by atoms with Crippen molar-refractivity contribution < 1.29 is 13.9 Å². The van der Waals surface area contributed by atoms with Gasteiger partial charge in [-0.2, -0.15) is 0 Å². The van der Waals surface area contributed by atoms with Crippen LogP contribution in [0.1, 0.15) is 49.8 Å². The smallest absolute Gasteiger partial charge is 0.132 e. The summed E-state index contributed by atoms with van der Waals surface area (Å²) in [4.78, 5) is 2.23. The van der Waals surface area contributed by atoms with Gasteiger partial charge in [0.2, 0.25) is 0 Å². The fraction of sp³-hybridized carbons (Fsp3) is 0.684. The second-order valence-electron chi connectivity index (χ2n) is 8.07. The summed E-state index contributed by atoms with van der Waals surface area (Å²) in [7, 11) is 2.06. The molecule has 0 saturated carbocycles. The molecule has 0 amide bonds. The Hall–Kier alpha value is -1.00. The lowest BCUT2D eigenvalue weighted by Crippen LogP contribution is -2.54. The number of piperidine rings is 1. The van der Waals surface area contributed by atoms with Gasteiger partial charge in [-0.1, -0.05) is 13.8 Å². The van der Waals surface area contributed by atoms with Gasteiger partial charge < -0.3 is 10.0 Å². The Bertz CT molecular complexity index is 620. The SMILES string of the molecule is Cc1cc(F)c2c(c1F)C(O)(C1CCN(C)CC1)C(C)(C)CC2. The van der Waals surface area contributed by atoms with Gasteiger partial charge in [0.25, 0.3) is 0 Å². The van der Waals surface area contributed by atoms with Crippen LogP contribution in [-0.2, 0) is 12.0 Å². The first-order chi connectivity index (χ1) is 10.7. The second kappa shape index (κ2) is 5.52. The second-order valence-corrected chi connectivity index (χ2v) is 8.07. The quantitative estimate of drug-likeness (QED) is 0.850. The Morgan fingerprint density at radius 1 is 1.22 bits per heavy atom. The molecule has 1 aromatic rings. The van der Waals surface area contributed by atoms with E-state index in [4.69, 9.17) is 0 Å². The summed E-state index contributed by atoms with van der Waals surface area (Å²) in [6.45, 7) is 7.33. The molecule has 23 heavy (non-hydrogen) atoms. The molecule has 1 N–H and O–H groups in total. The molecule has 1 fully saturated rings. The highest BCUT2D eigenvalue weighted by atomic mass is 19.1. The maximum absolute atomic E-state index is 15.0. The van der Waals surface area contributed by atoms with Crippen LogP contribution in [0, 0.1) is 29.9 Å². The van der Waals surface area contributed by atoms with Crippen LogP contribution in [-0.4, -0.2) is 30.1 Å². The fourth-order valence-electron chi connectivity index (χ4n) is 4.58. The molecule has 3 rings (SSSR count). The third kappa shape index (κ3) is 2.42. The lowest BCUT2D eigenvalue weighted by molar-refractivity contribution is -0.145. The van der Waals surface area contributed by atoms with E-state index in [0.717, 1.165) is 25.9 Å². The number of nitrogens with zero attached hydrogens (tertiary/aromatic N) is 1. The standard InChI is InChI=1S/C19H27F2NO/c1-12-11-15(20)14-5-8-18(2,3)19(23,16(14)17(12)21)13-6-9-22(4)10-7-13/h11,13,23H,5-10H2,1-4H3. The van der Waals surface area contributed by atoms with Crippen LogP contribution < -0.4 is 0 Å². The molecular weight excluding hydrogens is 296 g/mol. The third-order valence-corrected chi connectivity index (χ3v) is 6.22. The maximum Gasteiger partial charge on any atom is 0.132 e. The number of hydrogen-bond donors (Lipinski definition) is 1. The first-order valence-electron chi connectivity index (χ1n) is 8.57. The summed E-state index contributed by atoms with van der Waals surface area (Å²) < 4.78 is 29.4. The van der Waals surface area contributed by atoms with Crippen LogP contribution in [0.5, 0.6) is 0 Å². The maximum atomic E-state index is 15.0. The Morgan fingerprint density at radius 3 is 2.43 bits per heavy atom. The van der Waals surface area contributed by atoms with E-state index in [9.17, 15) is 13.9 Å². The lowest BCUT2D eigenvalue weighted by Gasteiger charge is -2.53. The van der Waals surface area contributed by atoms with Crippen LogP contribution in [0.3, 0.4) is 0 Å². The van der Waals surface area contributed by atoms with Gasteiger partial charge in [-0.3, -0.25) is 0 Å². The van der Waals surface area contributed by atoms with Crippen molar-refractivity contribution >= 4 is 0 Å². The largest absolute Gasteiger partial charge is 0.384 e. The van der Waals surface area contributed by atoms with E-state index in [1.807, 2.05) is 13.8 Å². The molecule has 128 valence electrons. The van der Waals surface area contributed by atoms with Gasteiger partial charge in [0.1, 0.15) is 17.2 Å². The van der Waals surface area contributed by atoms with E-state index in [1.165, 1.54) is 6.07 Å². The van der Waals surface area contributed by atoms with E-state index in [-0.39, 0.29) is 22.9 Å². The number of aryl methyl sites for hydroxylation is 1. The Morgan fingerprint density at radius 2 is 1.83 bits per heavy atom. The molecule has 1 aromatic carbocycles. The van der Waals surface area contributed by atoms with Crippen molar-refractivity contribution in [3.8, 4) is 0 Å². The van der Waals surface area contributed by atoms with E-state index in [2.05, 4.69) is 11.9 Å². The van der Waals surface area contributed by atoms with Crippen LogP contribution in [0.2, 0.25) is 0 Å². The van der Waals surface area contributed by atoms with Gasteiger partial charge in [-0.15, -0.1) is 0 Å². The first-order valence-corrected chi connectivity index (χ1v) is 8.57. The fourth-order valence-corrected chi connectivity index (χ4v) is 4.58. The van der Waals surface area contributed by atoms with Gasteiger partial charge in [-0.25, -0.2) is 8.78 Å². The predicted molar refractivity (Wildman–Crippen MR) is 87.3 cm³/mol. The van der Waals surface area contributed by atoms with E-state index < -0.39 is 16.8 Å². The van der Waals surface area contributed by atoms with Crippen molar-refractivity contribution in [2.75, 3.05) is 20.1 Å². The molecule has 4 heteroatoms. The summed E-state index contributed by atoms with van der Waals surface area (Å²) in [5, 5.41) is 11.8. The van der Waals surface area contributed by atoms with Gasteiger partial charge in [0.15, 0.2) is 0 Å². The predicted octanol–water partition coefficient (Wildman–Crippen LogP) is 3.78. The van der Waals surface area contributed by atoms with Gasteiger partial charge >= 0.3 is 0 Å². The lowest BCUT2D eigenvalue weighted by atomic mass is 9.56. The minimum Gasteiger partial charge on any atom is -0.384 e. The number of hydrogen-bond acceptors (Lipinski definition) is 2. The van der Waals surface area contributed by atoms with Crippen LogP contribution in [0.25, 0.3) is 0 Å². The topological polar surface area (TPSA) is 23.5 Å². The number of benzene rings is 1. The molecule has 1 atom stereocenters. The van der Waals surface area contributed by atoms with Gasteiger partial charge in [0, 0.05) is 5.56 Å². The van der Waals surface area contributed by atoms with E-state index >= 15 is 0 Å². The van der Waals surface area contributed by atoms with Crippen LogP contribution >= 0.6 is 0 Å². The highest BCUT2D eigenvalue weighted by Crippen LogP contribution is 2.55. The van der Waals surface area contributed by atoms with Crippen LogP contribution in [0.15, 0.2) is 6.07 Å². The summed E-state index contributed by atoms with van der Waals surface area (Å²) >= 11 is 0. The molecule has 0 aromatic heterocycles. The molecule has 1 aliphatic heterocycles. The highest BCUT2D eigenvalue weighted by Gasteiger charge is 2.55. The summed E-state index contributed by atoms with van der Waals surface area (Å²) in [5.41, 5.74) is -0.875. The zero-order valence-corrected chi connectivity index (χ0v) is 14.5. The minimum atomic E-state index is -1.31. The molecule has 1 saturated heterocycles. The zero-order valence-electron chi connectivity index (χ0n) is 14.5. The first kappa shape index (κ1) is 16.8. The number of fused-ring (bicyclic) bond motifs is 1. The molecule has 2 aliphatic rings. The number of halogens is 2. The normalized spacial score (nSPS) is 28.7. The van der Waals surface area contributed by atoms with Gasteiger partial charge in [-0.05, 0) is 81.3 Å². The molecule has 2 nitrogen and oxygen atoms in total. The Kier molecular flexibility index (Phi) is 4.04. The van der Waals surface area contributed by atoms with Gasteiger partial charge in [0.05, 0.1) is 0 Å². The summed E-state index contributed by atoms with van der Waals surface area (Å²) in [6, 6.07) is 1.27. The van der Waals surface area contributed by atoms with Crippen molar-refractivity contribution in [2.24, 2.45) is 11.3 Å². The van der Waals surface area contributed by atoms with Crippen molar-refractivity contribution in [3.05, 3.63) is 34.4 Å². The molecular formula is C19H27F2NO.